The molecule has 0 spiro atoms. The lowest BCUT2D eigenvalue weighted by molar-refractivity contribution is -0.118. The van der Waals surface area contributed by atoms with Crippen LogP contribution in [-0.2, 0) is 4.79 Å². The Bertz CT molecular complexity index is 256. The molecule has 0 heterocycles. The smallest absolute Gasteiger partial charge is 0.218 e. The Morgan fingerprint density at radius 2 is 1.26 bits per heavy atom. The molecule has 0 aliphatic heterocycles. The van der Waals surface area contributed by atoms with Crippen LogP contribution in [0.1, 0.15) is 110 Å². The molecule has 3 heteroatoms. The minimum Gasteiger partial charge on any atom is -0.370 e. The molecule has 0 aliphatic rings. The van der Waals surface area contributed by atoms with E-state index in [1.807, 2.05) is 0 Å². The van der Waals surface area contributed by atoms with Crippen LogP contribution in [0.15, 0.2) is 0 Å². The van der Waals surface area contributed by atoms with Crippen LogP contribution in [0.5, 0.6) is 0 Å². The summed E-state index contributed by atoms with van der Waals surface area (Å²) < 4.78 is 0. The molecule has 3 N–H and O–H groups in total. The number of carbonyl (C=O) groups excluding carboxylic acids is 1. The van der Waals surface area contributed by atoms with Gasteiger partial charge in [0, 0.05) is 12.5 Å². The van der Waals surface area contributed by atoms with Crippen LogP contribution in [0.3, 0.4) is 0 Å². The van der Waals surface area contributed by atoms with Gasteiger partial charge >= 0.3 is 0 Å². The highest BCUT2D eigenvalue weighted by molar-refractivity contribution is 5.74. The van der Waals surface area contributed by atoms with E-state index >= 15 is 0 Å². The van der Waals surface area contributed by atoms with Crippen molar-refractivity contribution in [1.29, 1.82) is 0 Å². The lowest BCUT2D eigenvalue weighted by atomic mass is 10.0. The molecule has 138 valence electrons. The van der Waals surface area contributed by atoms with Crippen molar-refractivity contribution in [3.8, 4) is 0 Å². The van der Waals surface area contributed by atoms with E-state index in [9.17, 15) is 4.79 Å². The van der Waals surface area contributed by atoms with E-state index in [-0.39, 0.29) is 11.9 Å². The van der Waals surface area contributed by atoms with Gasteiger partial charge in [0.2, 0.25) is 5.91 Å². The summed E-state index contributed by atoms with van der Waals surface area (Å²) in [4.78, 5) is 11.1. The van der Waals surface area contributed by atoms with Crippen LogP contribution in [0.4, 0.5) is 0 Å². The maximum atomic E-state index is 11.1. The summed E-state index contributed by atoms with van der Waals surface area (Å²) in [7, 11) is 0. The molecule has 0 saturated heterocycles. The highest BCUT2D eigenvalue weighted by Gasteiger charge is 2.10. The molecule has 0 rings (SSSR count). The van der Waals surface area contributed by atoms with Crippen molar-refractivity contribution in [2.75, 3.05) is 6.54 Å². The van der Waals surface area contributed by atoms with Crippen LogP contribution >= 0.6 is 0 Å². The normalized spacial score (nSPS) is 12.4. The van der Waals surface area contributed by atoms with E-state index in [1.165, 1.54) is 83.5 Å². The van der Waals surface area contributed by atoms with E-state index in [0.717, 1.165) is 13.0 Å². The van der Waals surface area contributed by atoms with Crippen LogP contribution in [0.2, 0.25) is 0 Å². The van der Waals surface area contributed by atoms with Gasteiger partial charge in [0.25, 0.3) is 0 Å². The molecule has 0 aliphatic carbocycles. The largest absolute Gasteiger partial charge is 0.370 e. The lowest BCUT2D eigenvalue weighted by Gasteiger charge is -2.17. The van der Waals surface area contributed by atoms with E-state index in [0.29, 0.717) is 6.42 Å². The molecule has 0 unspecified atom stereocenters. The van der Waals surface area contributed by atoms with Gasteiger partial charge in [0.1, 0.15) is 0 Å². The molecule has 0 aromatic carbocycles. The lowest BCUT2D eigenvalue weighted by Crippen LogP contribution is -2.34. The molecule has 0 fully saturated rings. The Morgan fingerprint density at radius 1 is 0.783 bits per heavy atom. The van der Waals surface area contributed by atoms with Crippen LogP contribution in [0.25, 0.3) is 0 Å². The summed E-state index contributed by atoms with van der Waals surface area (Å²) in [5.41, 5.74) is 5.35. The third-order valence-corrected chi connectivity index (χ3v) is 4.57. The molecule has 0 aromatic rings. The van der Waals surface area contributed by atoms with Crippen LogP contribution in [-0.4, -0.2) is 18.5 Å². The zero-order valence-electron chi connectivity index (χ0n) is 15.9. The second kappa shape index (κ2) is 17.8. The Labute approximate surface area is 145 Å². The first-order valence-electron chi connectivity index (χ1n) is 10.2. The third kappa shape index (κ3) is 17.6. The summed E-state index contributed by atoms with van der Waals surface area (Å²) in [6.07, 6.45) is 19.0. The van der Waals surface area contributed by atoms with E-state index in [4.69, 9.17) is 5.73 Å². The Hall–Kier alpha value is -0.570. The number of primary amides is 1. The average molecular weight is 327 g/mol. The first-order valence-corrected chi connectivity index (χ1v) is 10.2. The zero-order chi connectivity index (χ0) is 17.2. The fourth-order valence-electron chi connectivity index (χ4n) is 3.06. The monoisotopic (exact) mass is 326 g/mol. The van der Waals surface area contributed by atoms with Crippen molar-refractivity contribution in [2.45, 2.75) is 116 Å². The summed E-state index contributed by atoms with van der Waals surface area (Å²) in [5, 5.41) is 3.49. The molecular formula is C20H42N2O. The van der Waals surface area contributed by atoms with Gasteiger partial charge in [-0.2, -0.15) is 0 Å². The molecular weight excluding hydrogens is 284 g/mol. The summed E-state index contributed by atoms with van der Waals surface area (Å²) in [5.74, 6) is -0.179. The number of unbranched alkanes of at least 4 members (excludes halogenated alkanes) is 11. The van der Waals surface area contributed by atoms with Crippen molar-refractivity contribution in [1.82, 2.24) is 5.32 Å². The van der Waals surface area contributed by atoms with Crippen molar-refractivity contribution < 1.29 is 4.79 Å². The SMILES string of the molecule is CCCCCCCCCCCCC[C@@H](CC(N)=O)NCCCC. The Kier molecular flexibility index (Phi) is 17.3. The van der Waals surface area contributed by atoms with E-state index in [1.54, 1.807) is 0 Å². The molecule has 0 bridgehead atoms. The number of amides is 1. The van der Waals surface area contributed by atoms with Gasteiger partial charge < -0.3 is 11.1 Å². The predicted octanol–water partition coefficient (Wildman–Crippen LogP) is 5.32. The van der Waals surface area contributed by atoms with E-state index in [2.05, 4.69) is 19.2 Å². The van der Waals surface area contributed by atoms with Gasteiger partial charge in [-0.25, -0.2) is 0 Å². The average Bonchev–Trinajstić information content (AvgIpc) is 2.52. The van der Waals surface area contributed by atoms with Gasteiger partial charge in [-0.15, -0.1) is 0 Å². The number of hydrogen-bond acceptors (Lipinski definition) is 2. The highest BCUT2D eigenvalue weighted by Crippen LogP contribution is 2.13. The standard InChI is InChI=1S/C20H42N2O/c1-3-5-7-8-9-10-11-12-13-14-15-16-19(18-20(21)23)22-17-6-4-2/h19,22H,3-18H2,1-2H3,(H2,21,23)/t19-/m0/s1. The first kappa shape index (κ1) is 22.4. The molecule has 0 aromatic heterocycles. The van der Waals surface area contributed by atoms with Crippen molar-refractivity contribution in [3.05, 3.63) is 0 Å². The third-order valence-electron chi connectivity index (χ3n) is 4.57. The van der Waals surface area contributed by atoms with Crippen molar-refractivity contribution in [2.24, 2.45) is 5.73 Å². The molecule has 0 saturated carbocycles. The summed E-state index contributed by atoms with van der Waals surface area (Å²) in [6, 6.07) is 0.289. The van der Waals surface area contributed by atoms with Crippen molar-refractivity contribution in [3.63, 3.8) is 0 Å². The number of hydrogen-bond donors (Lipinski definition) is 2. The molecule has 1 atom stereocenters. The molecule has 3 nitrogen and oxygen atoms in total. The number of nitrogens with one attached hydrogen (secondary N) is 1. The zero-order valence-corrected chi connectivity index (χ0v) is 15.9. The van der Waals surface area contributed by atoms with E-state index < -0.39 is 0 Å². The minimum atomic E-state index is -0.179. The maximum Gasteiger partial charge on any atom is 0.218 e. The number of carbonyl (C=O) groups is 1. The van der Waals surface area contributed by atoms with Gasteiger partial charge in [0.05, 0.1) is 0 Å². The van der Waals surface area contributed by atoms with Crippen LogP contribution in [0, 0.1) is 0 Å². The number of rotatable bonds is 18. The maximum absolute atomic E-state index is 11.1. The molecule has 0 radical (unpaired) electrons. The Morgan fingerprint density at radius 3 is 1.74 bits per heavy atom. The fourth-order valence-corrected chi connectivity index (χ4v) is 3.06. The summed E-state index contributed by atoms with van der Waals surface area (Å²) in [6.45, 7) is 5.47. The van der Waals surface area contributed by atoms with Gasteiger partial charge in [0.15, 0.2) is 0 Å². The summed E-state index contributed by atoms with van der Waals surface area (Å²) >= 11 is 0. The molecule has 23 heavy (non-hydrogen) atoms. The fraction of sp³-hybridized carbons (Fsp3) is 0.950. The van der Waals surface area contributed by atoms with Crippen LogP contribution < -0.4 is 11.1 Å². The quantitative estimate of drug-likeness (QED) is 0.335. The highest BCUT2D eigenvalue weighted by atomic mass is 16.1. The molecule has 1 amide bonds. The van der Waals surface area contributed by atoms with Gasteiger partial charge in [-0.05, 0) is 19.4 Å². The van der Waals surface area contributed by atoms with Crippen molar-refractivity contribution >= 4 is 5.91 Å². The Balaban J connectivity index is 3.45. The topological polar surface area (TPSA) is 55.1 Å². The van der Waals surface area contributed by atoms with Gasteiger partial charge in [-0.1, -0.05) is 90.9 Å². The second-order valence-electron chi connectivity index (χ2n) is 7.00. The van der Waals surface area contributed by atoms with Gasteiger partial charge in [-0.3, -0.25) is 4.79 Å². The first-order chi connectivity index (χ1) is 11.2. The second-order valence-corrected chi connectivity index (χ2v) is 7.00. The number of nitrogens with two attached hydrogens (primary N) is 1. The minimum absolute atomic E-state index is 0.179. The predicted molar refractivity (Wildman–Crippen MR) is 102 cm³/mol.